The van der Waals surface area contributed by atoms with Crippen LogP contribution in [0, 0.1) is 39.4 Å². The molecule has 5 rings (SSSR count). The minimum Gasteiger partial charge on any atom is -0.455 e. The van der Waals surface area contributed by atoms with E-state index < -0.39 is 5.41 Å². The van der Waals surface area contributed by atoms with Gasteiger partial charge in [-0.3, -0.25) is 4.79 Å². The highest BCUT2D eigenvalue weighted by Crippen LogP contribution is 2.72. The number of esters is 1. The second-order valence-corrected chi connectivity index (χ2v) is 12.4. The molecule has 29 heavy (non-hydrogen) atoms. The minimum atomic E-state index is -0.645. The van der Waals surface area contributed by atoms with Gasteiger partial charge in [0.25, 0.3) is 0 Å². The van der Waals surface area contributed by atoms with Crippen LogP contribution in [0.5, 0.6) is 0 Å². The van der Waals surface area contributed by atoms with Gasteiger partial charge in [-0.15, -0.1) is 0 Å². The molecule has 0 N–H and O–H groups in total. The Morgan fingerprint density at radius 3 is 2.28 bits per heavy atom. The highest BCUT2D eigenvalue weighted by Gasteiger charge is 2.69. The topological polar surface area (TPSA) is 43.4 Å². The van der Waals surface area contributed by atoms with E-state index in [1.165, 1.54) is 32.1 Å². The molecule has 4 aliphatic carbocycles. The molecule has 1 heterocycles. The zero-order chi connectivity index (χ0) is 21.0. The molecular formula is C26H38O3. The molecule has 0 aromatic carbocycles. The average Bonchev–Trinajstić information content (AvgIpc) is 2.91. The first-order valence-electron chi connectivity index (χ1n) is 11.9. The van der Waals surface area contributed by atoms with Crippen molar-refractivity contribution in [2.45, 2.75) is 99.0 Å². The van der Waals surface area contributed by atoms with Crippen LogP contribution in [0.15, 0.2) is 11.1 Å². The van der Waals surface area contributed by atoms with Crippen LogP contribution >= 0.6 is 0 Å². The number of Topliss-reactive ketones (excluding diaryl/α,β-unsaturated/α-hetero) is 1. The Balaban J connectivity index is 1.62. The van der Waals surface area contributed by atoms with E-state index in [1.54, 1.807) is 0 Å². The van der Waals surface area contributed by atoms with Crippen molar-refractivity contribution in [1.82, 2.24) is 0 Å². The van der Waals surface area contributed by atoms with E-state index in [-0.39, 0.29) is 28.8 Å². The summed E-state index contributed by atoms with van der Waals surface area (Å²) in [6, 6.07) is 0. The lowest BCUT2D eigenvalue weighted by molar-refractivity contribution is -0.191. The zero-order valence-corrected chi connectivity index (χ0v) is 19.2. The molecule has 0 bridgehead atoms. The third-order valence-corrected chi connectivity index (χ3v) is 10.8. The first-order chi connectivity index (χ1) is 13.5. The number of carbonyl (C=O) groups excluding carboxylic acids is 2. The summed E-state index contributed by atoms with van der Waals surface area (Å²) < 4.78 is 5.61. The van der Waals surface area contributed by atoms with Gasteiger partial charge in [0.2, 0.25) is 0 Å². The van der Waals surface area contributed by atoms with Crippen molar-refractivity contribution in [3.8, 4) is 0 Å². The summed E-state index contributed by atoms with van der Waals surface area (Å²) in [5, 5.41) is 0. The normalized spacial score (nSPS) is 51.0. The molecule has 160 valence electrons. The summed E-state index contributed by atoms with van der Waals surface area (Å²) in [5.41, 5.74) is 1.96. The third kappa shape index (κ3) is 2.26. The second kappa shape index (κ2) is 5.77. The first-order valence-corrected chi connectivity index (χ1v) is 11.9. The average molecular weight is 399 g/mol. The van der Waals surface area contributed by atoms with Crippen molar-refractivity contribution in [1.29, 1.82) is 0 Å². The van der Waals surface area contributed by atoms with Crippen molar-refractivity contribution in [3.05, 3.63) is 11.1 Å². The van der Waals surface area contributed by atoms with Gasteiger partial charge >= 0.3 is 5.97 Å². The molecule has 0 amide bonds. The van der Waals surface area contributed by atoms with Crippen LogP contribution in [0.2, 0.25) is 0 Å². The summed E-state index contributed by atoms with van der Waals surface area (Å²) in [7, 11) is 0. The number of carbonyl (C=O) groups is 2. The number of ketones is 1. The van der Waals surface area contributed by atoms with Gasteiger partial charge in [0.1, 0.15) is 11.9 Å². The molecule has 3 heteroatoms. The van der Waals surface area contributed by atoms with Gasteiger partial charge in [-0.05, 0) is 91.9 Å². The third-order valence-electron chi connectivity index (χ3n) is 10.8. The van der Waals surface area contributed by atoms with E-state index in [0.717, 1.165) is 24.0 Å². The molecule has 0 aromatic heterocycles. The van der Waals surface area contributed by atoms with Crippen LogP contribution in [-0.4, -0.2) is 17.9 Å². The number of fused-ring (bicyclic) bond motifs is 6. The second-order valence-electron chi connectivity index (χ2n) is 12.4. The highest BCUT2D eigenvalue weighted by molar-refractivity contribution is 6.04. The largest absolute Gasteiger partial charge is 0.455 e. The number of ether oxygens (including phenoxy) is 1. The summed E-state index contributed by atoms with van der Waals surface area (Å²) in [6.45, 7) is 14.0. The molecular weight excluding hydrogens is 360 g/mol. The van der Waals surface area contributed by atoms with Gasteiger partial charge in [-0.1, -0.05) is 34.1 Å². The number of hydrogen-bond acceptors (Lipinski definition) is 3. The molecule has 0 aromatic rings. The lowest BCUT2D eigenvalue weighted by Gasteiger charge is -2.68. The smallest absolute Gasteiger partial charge is 0.335 e. The predicted molar refractivity (Wildman–Crippen MR) is 113 cm³/mol. The zero-order valence-electron chi connectivity index (χ0n) is 19.2. The summed E-state index contributed by atoms with van der Waals surface area (Å²) in [6.07, 6.45) is 8.75. The standard InChI is InChI=1S/C26H38O3/c1-15-16-8-9-18-25(5)13-10-17-23(2,3)11-7-12-24(17,4)19(25)14-20(27)26(18,6)21(16)22(28)29-15/h15,17-19H,7-14H2,1-6H3/t15-,17-,18-,19+,24-,25-,26+/m0/s1. The molecule has 0 unspecified atom stereocenters. The highest BCUT2D eigenvalue weighted by atomic mass is 16.5. The lowest BCUT2D eigenvalue weighted by Crippen LogP contribution is -2.64. The molecule has 3 fully saturated rings. The van der Waals surface area contributed by atoms with E-state index in [9.17, 15) is 9.59 Å². The van der Waals surface area contributed by atoms with Crippen LogP contribution < -0.4 is 0 Å². The van der Waals surface area contributed by atoms with E-state index in [2.05, 4.69) is 34.6 Å². The van der Waals surface area contributed by atoms with E-state index in [4.69, 9.17) is 4.74 Å². The molecule has 3 nitrogen and oxygen atoms in total. The van der Waals surface area contributed by atoms with E-state index in [1.807, 2.05) is 6.92 Å². The molecule has 3 saturated carbocycles. The van der Waals surface area contributed by atoms with E-state index in [0.29, 0.717) is 29.5 Å². The quantitative estimate of drug-likeness (QED) is 0.480. The maximum atomic E-state index is 13.9. The molecule has 7 atom stereocenters. The Morgan fingerprint density at radius 1 is 0.862 bits per heavy atom. The maximum Gasteiger partial charge on any atom is 0.335 e. The fourth-order valence-corrected chi connectivity index (χ4v) is 9.55. The van der Waals surface area contributed by atoms with Crippen LogP contribution in [0.25, 0.3) is 0 Å². The molecule has 5 aliphatic rings. The Labute approximate surface area is 176 Å². The van der Waals surface area contributed by atoms with Gasteiger partial charge < -0.3 is 4.74 Å². The summed E-state index contributed by atoms with van der Waals surface area (Å²) in [4.78, 5) is 26.7. The Morgan fingerprint density at radius 2 is 1.55 bits per heavy atom. The van der Waals surface area contributed by atoms with Crippen molar-refractivity contribution in [2.24, 2.45) is 39.4 Å². The number of rotatable bonds is 0. The van der Waals surface area contributed by atoms with Crippen molar-refractivity contribution in [2.75, 3.05) is 0 Å². The van der Waals surface area contributed by atoms with Gasteiger partial charge in [-0.2, -0.15) is 0 Å². The predicted octanol–water partition coefficient (Wildman–Crippen LogP) is 5.87. The Hall–Kier alpha value is -1.12. The number of cyclic esters (lactones) is 1. The van der Waals surface area contributed by atoms with Crippen molar-refractivity contribution >= 4 is 11.8 Å². The van der Waals surface area contributed by atoms with Gasteiger partial charge in [0.05, 0.1) is 11.0 Å². The minimum absolute atomic E-state index is 0.131. The van der Waals surface area contributed by atoms with Gasteiger partial charge in [-0.25, -0.2) is 4.79 Å². The van der Waals surface area contributed by atoms with Crippen molar-refractivity contribution in [3.63, 3.8) is 0 Å². The SMILES string of the molecule is C[C@@H]1OC(=O)C2=C1CC[C@@H]1[C@]2(C)C(=O)C[C@H]2[C@@]1(C)CC[C@H]1C(C)(C)CCC[C@]21C. The molecule has 0 spiro atoms. The monoisotopic (exact) mass is 398 g/mol. The Bertz CT molecular complexity index is 822. The van der Waals surface area contributed by atoms with Crippen LogP contribution in [0.3, 0.4) is 0 Å². The Kier molecular flexibility index (Phi) is 3.94. The van der Waals surface area contributed by atoms with E-state index >= 15 is 0 Å². The fraction of sp³-hybridized carbons (Fsp3) is 0.846. The lowest BCUT2D eigenvalue weighted by atomic mass is 9.35. The number of hydrogen-bond donors (Lipinski definition) is 0. The van der Waals surface area contributed by atoms with Crippen LogP contribution in [-0.2, 0) is 14.3 Å². The van der Waals surface area contributed by atoms with Crippen LogP contribution in [0.4, 0.5) is 0 Å². The maximum absolute atomic E-state index is 13.9. The summed E-state index contributed by atoms with van der Waals surface area (Å²) in [5.74, 6) is 1.51. The van der Waals surface area contributed by atoms with Gasteiger partial charge in [0, 0.05) is 6.42 Å². The molecule has 0 saturated heterocycles. The fourth-order valence-electron chi connectivity index (χ4n) is 9.55. The van der Waals surface area contributed by atoms with Crippen molar-refractivity contribution < 1.29 is 14.3 Å². The summed E-state index contributed by atoms with van der Waals surface area (Å²) >= 11 is 0. The van der Waals surface area contributed by atoms with Crippen LogP contribution in [0.1, 0.15) is 92.9 Å². The molecule has 1 aliphatic heterocycles. The van der Waals surface area contributed by atoms with Gasteiger partial charge in [0.15, 0.2) is 0 Å². The first kappa shape index (κ1) is 19.8. The molecule has 0 radical (unpaired) electrons.